The molecule has 0 aliphatic carbocycles. The van der Waals surface area contributed by atoms with Gasteiger partial charge in [0.05, 0.1) is 0 Å². The van der Waals surface area contributed by atoms with Gasteiger partial charge in [-0.15, -0.1) is 0 Å². The van der Waals surface area contributed by atoms with E-state index in [4.69, 9.17) is 16.2 Å². The van der Waals surface area contributed by atoms with E-state index in [2.05, 4.69) is 0 Å². The summed E-state index contributed by atoms with van der Waals surface area (Å²) in [6.45, 7) is 0. The van der Waals surface area contributed by atoms with E-state index in [1.165, 1.54) is 0 Å². The first-order chi connectivity index (χ1) is 10.2. The van der Waals surface area contributed by atoms with Crippen LogP contribution in [0.3, 0.4) is 0 Å². The molecule has 0 spiro atoms. The van der Waals surface area contributed by atoms with Crippen LogP contribution < -0.4 is 16.2 Å². The minimum absolute atomic E-state index is 0.661. The molecule has 3 heteroatoms. The van der Waals surface area contributed by atoms with Gasteiger partial charge in [-0.1, -0.05) is 30.3 Å². The minimum Gasteiger partial charge on any atom is -0.457 e. The highest BCUT2D eigenvalue weighted by Crippen LogP contribution is 2.35. The van der Waals surface area contributed by atoms with Gasteiger partial charge in [-0.05, 0) is 42.0 Å². The topological polar surface area (TPSA) is 61.3 Å². The number of para-hydroxylation sites is 1. The Bertz CT molecular complexity index is 754. The fourth-order valence-corrected chi connectivity index (χ4v) is 2.18. The lowest BCUT2D eigenvalue weighted by Gasteiger charge is -2.12. The smallest absolute Gasteiger partial charge is 0.137 e. The summed E-state index contributed by atoms with van der Waals surface area (Å²) in [5.74, 6) is 1.49. The van der Waals surface area contributed by atoms with E-state index in [1.807, 2.05) is 72.8 Å². The summed E-state index contributed by atoms with van der Waals surface area (Å²) in [7, 11) is 0. The summed E-state index contributed by atoms with van der Waals surface area (Å²) in [6.07, 6.45) is 0. The minimum atomic E-state index is 0.661. The first-order valence-electron chi connectivity index (χ1n) is 6.71. The average Bonchev–Trinajstić information content (AvgIpc) is 2.48. The van der Waals surface area contributed by atoms with Gasteiger partial charge in [0.2, 0.25) is 0 Å². The largest absolute Gasteiger partial charge is 0.457 e. The third-order valence-electron chi connectivity index (χ3n) is 3.17. The molecule has 0 unspecified atom stereocenters. The van der Waals surface area contributed by atoms with Crippen LogP contribution in [0.5, 0.6) is 11.5 Å². The SMILES string of the molecule is Nc1cccc(-c2ccc(N)cc2Oc2ccccc2)c1. The summed E-state index contributed by atoms with van der Waals surface area (Å²) in [4.78, 5) is 0. The quantitative estimate of drug-likeness (QED) is 0.701. The van der Waals surface area contributed by atoms with Crippen molar-refractivity contribution in [1.82, 2.24) is 0 Å². The van der Waals surface area contributed by atoms with E-state index in [-0.39, 0.29) is 0 Å². The summed E-state index contributed by atoms with van der Waals surface area (Å²) < 4.78 is 5.96. The van der Waals surface area contributed by atoms with E-state index < -0.39 is 0 Å². The normalized spacial score (nSPS) is 10.3. The Morgan fingerprint density at radius 2 is 1.43 bits per heavy atom. The molecular weight excluding hydrogens is 260 g/mol. The van der Waals surface area contributed by atoms with Crippen molar-refractivity contribution < 1.29 is 4.74 Å². The molecule has 0 aromatic heterocycles. The Morgan fingerprint density at radius 3 is 2.19 bits per heavy atom. The molecule has 0 saturated heterocycles. The van der Waals surface area contributed by atoms with Gasteiger partial charge in [0, 0.05) is 23.0 Å². The average molecular weight is 276 g/mol. The van der Waals surface area contributed by atoms with Gasteiger partial charge in [0.15, 0.2) is 0 Å². The van der Waals surface area contributed by atoms with E-state index in [0.717, 1.165) is 22.6 Å². The van der Waals surface area contributed by atoms with Gasteiger partial charge in [0.25, 0.3) is 0 Å². The van der Waals surface area contributed by atoms with Crippen LogP contribution in [0, 0.1) is 0 Å². The van der Waals surface area contributed by atoms with E-state index in [1.54, 1.807) is 0 Å². The van der Waals surface area contributed by atoms with Gasteiger partial charge in [0.1, 0.15) is 11.5 Å². The van der Waals surface area contributed by atoms with Crippen molar-refractivity contribution in [1.29, 1.82) is 0 Å². The highest BCUT2D eigenvalue weighted by molar-refractivity contribution is 5.75. The maximum atomic E-state index is 5.96. The molecule has 0 saturated carbocycles. The zero-order valence-corrected chi connectivity index (χ0v) is 11.5. The lowest BCUT2D eigenvalue weighted by Crippen LogP contribution is -1.92. The third kappa shape index (κ3) is 2.98. The molecule has 4 N–H and O–H groups in total. The second kappa shape index (κ2) is 5.59. The van der Waals surface area contributed by atoms with Crippen molar-refractivity contribution in [3.63, 3.8) is 0 Å². The third-order valence-corrected chi connectivity index (χ3v) is 3.17. The van der Waals surface area contributed by atoms with Gasteiger partial charge in [-0.25, -0.2) is 0 Å². The molecule has 0 bridgehead atoms. The standard InChI is InChI=1S/C18H16N2O/c19-14-6-4-5-13(11-14)17-10-9-15(20)12-18(17)21-16-7-2-1-3-8-16/h1-12H,19-20H2. The van der Waals surface area contributed by atoms with Crippen LogP contribution in [0.4, 0.5) is 11.4 Å². The summed E-state index contributed by atoms with van der Waals surface area (Å²) in [5.41, 5.74) is 15.1. The molecule has 3 rings (SSSR count). The van der Waals surface area contributed by atoms with Gasteiger partial charge >= 0.3 is 0 Å². The molecule has 0 aliphatic heterocycles. The number of ether oxygens (including phenoxy) is 1. The Hall–Kier alpha value is -2.94. The number of hydrogen-bond donors (Lipinski definition) is 2. The molecule has 0 heterocycles. The first-order valence-corrected chi connectivity index (χ1v) is 6.71. The van der Waals surface area contributed by atoms with Gasteiger partial charge < -0.3 is 16.2 Å². The van der Waals surface area contributed by atoms with E-state index in [0.29, 0.717) is 11.4 Å². The summed E-state index contributed by atoms with van der Waals surface area (Å²) in [5, 5.41) is 0. The van der Waals surface area contributed by atoms with Crippen molar-refractivity contribution in [2.75, 3.05) is 11.5 Å². The molecule has 0 radical (unpaired) electrons. The van der Waals surface area contributed by atoms with Crippen molar-refractivity contribution in [3.05, 3.63) is 72.8 Å². The Labute approximate surface area is 123 Å². The molecule has 3 aromatic rings. The van der Waals surface area contributed by atoms with Crippen LogP contribution in [0.2, 0.25) is 0 Å². The number of nitrogen functional groups attached to an aromatic ring is 2. The fourth-order valence-electron chi connectivity index (χ4n) is 2.18. The molecular formula is C18H16N2O. The maximum Gasteiger partial charge on any atom is 0.137 e. The number of rotatable bonds is 3. The fraction of sp³-hybridized carbons (Fsp3) is 0. The van der Waals surface area contributed by atoms with Crippen LogP contribution in [0.15, 0.2) is 72.8 Å². The number of hydrogen-bond acceptors (Lipinski definition) is 3. The lowest BCUT2D eigenvalue weighted by atomic mass is 10.0. The monoisotopic (exact) mass is 276 g/mol. The molecule has 21 heavy (non-hydrogen) atoms. The zero-order valence-electron chi connectivity index (χ0n) is 11.5. The van der Waals surface area contributed by atoms with Crippen molar-refractivity contribution >= 4 is 11.4 Å². The second-order valence-corrected chi connectivity index (χ2v) is 4.80. The molecule has 104 valence electrons. The van der Waals surface area contributed by atoms with Crippen molar-refractivity contribution in [2.45, 2.75) is 0 Å². The summed E-state index contributed by atoms with van der Waals surface area (Å²) in [6, 6.07) is 23.0. The van der Waals surface area contributed by atoms with Crippen LogP contribution in [0.1, 0.15) is 0 Å². The molecule has 0 amide bonds. The predicted molar refractivity (Wildman–Crippen MR) is 87.2 cm³/mol. The molecule has 3 nitrogen and oxygen atoms in total. The van der Waals surface area contributed by atoms with Gasteiger partial charge in [-0.3, -0.25) is 0 Å². The first kappa shape index (κ1) is 13.1. The number of anilines is 2. The Balaban J connectivity index is 2.05. The van der Waals surface area contributed by atoms with E-state index in [9.17, 15) is 0 Å². The predicted octanol–water partition coefficient (Wildman–Crippen LogP) is 4.31. The number of nitrogens with two attached hydrogens (primary N) is 2. The van der Waals surface area contributed by atoms with Crippen LogP contribution >= 0.6 is 0 Å². The molecule has 0 fully saturated rings. The lowest BCUT2D eigenvalue weighted by molar-refractivity contribution is 0.485. The number of benzene rings is 3. The molecule has 0 atom stereocenters. The highest BCUT2D eigenvalue weighted by atomic mass is 16.5. The Morgan fingerprint density at radius 1 is 0.667 bits per heavy atom. The molecule has 3 aromatic carbocycles. The van der Waals surface area contributed by atoms with Crippen LogP contribution in [-0.2, 0) is 0 Å². The van der Waals surface area contributed by atoms with Crippen LogP contribution in [0.25, 0.3) is 11.1 Å². The van der Waals surface area contributed by atoms with Gasteiger partial charge in [-0.2, -0.15) is 0 Å². The Kier molecular flexibility index (Phi) is 3.48. The van der Waals surface area contributed by atoms with E-state index >= 15 is 0 Å². The van der Waals surface area contributed by atoms with Crippen molar-refractivity contribution in [2.24, 2.45) is 0 Å². The van der Waals surface area contributed by atoms with Crippen LogP contribution in [-0.4, -0.2) is 0 Å². The maximum absolute atomic E-state index is 5.96. The zero-order chi connectivity index (χ0) is 14.7. The highest BCUT2D eigenvalue weighted by Gasteiger charge is 2.08. The second-order valence-electron chi connectivity index (χ2n) is 4.80. The summed E-state index contributed by atoms with van der Waals surface area (Å²) >= 11 is 0. The molecule has 0 aliphatic rings. The van der Waals surface area contributed by atoms with Crippen molar-refractivity contribution in [3.8, 4) is 22.6 Å².